The molecule has 2 aromatic rings. The summed E-state index contributed by atoms with van der Waals surface area (Å²) in [6, 6.07) is 5.98. The molecule has 5 heteroatoms. The number of rotatable bonds is 3. The van der Waals surface area contributed by atoms with Crippen LogP contribution < -0.4 is 10.3 Å². The van der Waals surface area contributed by atoms with Gasteiger partial charge in [-0.05, 0) is 36.3 Å². The van der Waals surface area contributed by atoms with Crippen molar-refractivity contribution in [3.05, 3.63) is 57.1 Å². The van der Waals surface area contributed by atoms with Crippen LogP contribution in [0.25, 0.3) is 11.3 Å². The van der Waals surface area contributed by atoms with Crippen LogP contribution >= 0.6 is 12.2 Å². The van der Waals surface area contributed by atoms with Crippen molar-refractivity contribution in [2.45, 2.75) is 32.2 Å². The van der Waals surface area contributed by atoms with Crippen molar-refractivity contribution in [2.75, 3.05) is 7.11 Å². The second-order valence-corrected chi connectivity index (χ2v) is 6.86. The van der Waals surface area contributed by atoms with Crippen LogP contribution in [0.5, 0.6) is 5.75 Å². The van der Waals surface area contributed by atoms with Gasteiger partial charge in [-0.1, -0.05) is 26.0 Å². The van der Waals surface area contributed by atoms with Gasteiger partial charge in [-0.25, -0.2) is 0 Å². The van der Waals surface area contributed by atoms with Gasteiger partial charge in [0.1, 0.15) is 5.75 Å². The van der Waals surface area contributed by atoms with E-state index in [0.717, 1.165) is 29.0 Å². The molecule has 1 aromatic heterocycles. The van der Waals surface area contributed by atoms with E-state index in [4.69, 9.17) is 17.0 Å². The van der Waals surface area contributed by atoms with Gasteiger partial charge in [-0.3, -0.25) is 9.36 Å². The molecule has 1 N–H and O–H groups in total. The maximum atomic E-state index is 13.0. The molecular formula is C18H20N2O2S. The van der Waals surface area contributed by atoms with Crippen molar-refractivity contribution in [1.29, 1.82) is 0 Å². The molecule has 3 rings (SSSR count). The number of hydrogen-bond acceptors (Lipinski definition) is 3. The fourth-order valence-corrected chi connectivity index (χ4v) is 3.59. The molecule has 1 heterocycles. The molecule has 0 unspecified atom stereocenters. The minimum absolute atomic E-state index is 0.0397. The third-order valence-corrected chi connectivity index (χ3v) is 4.72. The highest BCUT2D eigenvalue weighted by molar-refractivity contribution is 7.71. The van der Waals surface area contributed by atoms with E-state index in [1.54, 1.807) is 17.8 Å². The Labute approximate surface area is 140 Å². The number of benzene rings is 1. The average molecular weight is 328 g/mol. The summed E-state index contributed by atoms with van der Waals surface area (Å²) in [6.07, 6.45) is 2.48. The minimum atomic E-state index is -0.267. The lowest BCUT2D eigenvalue weighted by molar-refractivity contribution is 0.414. The number of methoxy groups -OCH3 is 1. The lowest BCUT2D eigenvalue weighted by atomic mass is 9.72. The molecule has 120 valence electrons. The van der Waals surface area contributed by atoms with E-state index in [0.29, 0.717) is 11.3 Å². The van der Waals surface area contributed by atoms with Gasteiger partial charge in [-0.2, -0.15) is 0 Å². The smallest absolute Gasteiger partial charge is 0.258 e. The maximum absolute atomic E-state index is 13.0. The molecule has 0 amide bonds. The predicted octanol–water partition coefficient (Wildman–Crippen LogP) is 3.60. The number of ether oxygens (including phenoxy) is 1. The number of nitrogens with zero attached hydrogens (tertiary/aromatic N) is 1. The Balaban J connectivity index is 2.39. The summed E-state index contributed by atoms with van der Waals surface area (Å²) in [5.74, 6) is 0.768. The van der Waals surface area contributed by atoms with E-state index in [9.17, 15) is 4.79 Å². The number of H-pyrrole nitrogens is 1. The van der Waals surface area contributed by atoms with E-state index < -0.39 is 0 Å². The summed E-state index contributed by atoms with van der Waals surface area (Å²) in [5, 5.41) is 0. The number of aromatic nitrogens is 2. The molecule has 0 atom stereocenters. The first kappa shape index (κ1) is 15.7. The first-order valence-corrected chi connectivity index (χ1v) is 7.95. The van der Waals surface area contributed by atoms with Gasteiger partial charge in [0.25, 0.3) is 5.56 Å². The zero-order chi connectivity index (χ0) is 16.8. The number of nitrogens with one attached hydrogen (secondary N) is 1. The number of hydrogen-bond donors (Lipinski definition) is 1. The Morgan fingerprint density at radius 2 is 2.22 bits per heavy atom. The van der Waals surface area contributed by atoms with Crippen molar-refractivity contribution in [2.24, 2.45) is 0 Å². The van der Waals surface area contributed by atoms with Crippen LogP contribution in [0.15, 0.2) is 35.6 Å². The predicted molar refractivity (Wildman–Crippen MR) is 94.8 cm³/mol. The van der Waals surface area contributed by atoms with E-state index in [1.807, 2.05) is 12.1 Å². The highest BCUT2D eigenvalue weighted by Gasteiger charge is 2.35. The SMILES string of the molecule is C=CCn1c(=S)[nH]c2c(c1=O)C(C)(C)Cc1ccc(OC)cc1-2. The molecule has 0 saturated carbocycles. The minimum Gasteiger partial charge on any atom is -0.497 e. The van der Waals surface area contributed by atoms with Crippen LogP contribution in [-0.4, -0.2) is 16.7 Å². The van der Waals surface area contributed by atoms with Gasteiger partial charge in [0.15, 0.2) is 4.77 Å². The summed E-state index contributed by atoms with van der Waals surface area (Å²) >= 11 is 5.38. The first-order valence-electron chi connectivity index (χ1n) is 7.55. The van der Waals surface area contributed by atoms with E-state index in [1.165, 1.54) is 5.56 Å². The molecule has 0 aliphatic heterocycles. The quantitative estimate of drug-likeness (QED) is 0.692. The van der Waals surface area contributed by atoms with E-state index >= 15 is 0 Å². The Hall–Kier alpha value is -2.14. The Morgan fingerprint density at radius 3 is 2.87 bits per heavy atom. The number of fused-ring (bicyclic) bond motifs is 3. The third kappa shape index (κ3) is 2.45. The Bertz CT molecular complexity index is 906. The highest BCUT2D eigenvalue weighted by atomic mass is 32.1. The first-order chi connectivity index (χ1) is 10.9. The van der Waals surface area contributed by atoms with E-state index in [-0.39, 0.29) is 11.0 Å². The number of aromatic amines is 1. The molecule has 1 aliphatic carbocycles. The molecule has 23 heavy (non-hydrogen) atoms. The van der Waals surface area contributed by atoms with Crippen LogP contribution in [-0.2, 0) is 18.4 Å². The van der Waals surface area contributed by atoms with Gasteiger partial charge < -0.3 is 9.72 Å². The van der Waals surface area contributed by atoms with Gasteiger partial charge >= 0.3 is 0 Å². The molecule has 0 fully saturated rings. The topological polar surface area (TPSA) is 47.0 Å². The molecule has 0 radical (unpaired) electrons. The van der Waals surface area contributed by atoms with Crippen molar-refractivity contribution >= 4 is 12.2 Å². The molecule has 0 saturated heterocycles. The van der Waals surface area contributed by atoms with Gasteiger partial charge in [0, 0.05) is 23.1 Å². The number of allylic oxidation sites excluding steroid dienone is 1. The molecule has 1 aromatic carbocycles. The van der Waals surface area contributed by atoms with Gasteiger partial charge in [-0.15, -0.1) is 6.58 Å². The Kier molecular flexibility index (Phi) is 3.76. The largest absolute Gasteiger partial charge is 0.497 e. The molecule has 1 aliphatic rings. The van der Waals surface area contributed by atoms with Crippen molar-refractivity contribution in [3.63, 3.8) is 0 Å². The fourth-order valence-electron chi connectivity index (χ4n) is 3.33. The normalized spacial score (nSPS) is 14.7. The van der Waals surface area contributed by atoms with Crippen LogP contribution in [0.1, 0.15) is 25.0 Å². The zero-order valence-corrected chi connectivity index (χ0v) is 14.4. The summed E-state index contributed by atoms with van der Waals surface area (Å²) in [4.78, 5) is 16.3. The lowest BCUT2D eigenvalue weighted by Crippen LogP contribution is -2.37. The van der Waals surface area contributed by atoms with Crippen LogP contribution in [0.3, 0.4) is 0 Å². The van der Waals surface area contributed by atoms with Gasteiger partial charge in [0.2, 0.25) is 0 Å². The summed E-state index contributed by atoms with van der Waals surface area (Å²) in [7, 11) is 1.64. The lowest BCUT2D eigenvalue weighted by Gasteiger charge is -2.33. The van der Waals surface area contributed by atoms with Crippen molar-refractivity contribution in [3.8, 4) is 17.0 Å². The summed E-state index contributed by atoms with van der Waals surface area (Å²) < 4.78 is 7.31. The Morgan fingerprint density at radius 1 is 1.48 bits per heavy atom. The molecule has 0 bridgehead atoms. The average Bonchev–Trinajstić information content (AvgIpc) is 2.50. The summed E-state index contributed by atoms with van der Waals surface area (Å²) in [5.41, 5.74) is 3.46. The molecular weight excluding hydrogens is 308 g/mol. The monoisotopic (exact) mass is 328 g/mol. The van der Waals surface area contributed by atoms with Gasteiger partial charge in [0.05, 0.1) is 12.8 Å². The van der Waals surface area contributed by atoms with Crippen LogP contribution in [0.4, 0.5) is 0 Å². The third-order valence-electron chi connectivity index (χ3n) is 4.39. The second kappa shape index (κ2) is 5.49. The standard InChI is InChI=1S/C18H20N2O2S/c1-5-8-20-16(21)14-15(19-17(20)23)13-9-12(22-4)7-6-11(13)10-18(14,2)3/h5-7,9H,1,8,10H2,2-4H3,(H,19,23). The zero-order valence-electron chi connectivity index (χ0n) is 13.6. The van der Waals surface area contributed by atoms with Crippen LogP contribution in [0.2, 0.25) is 0 Å². The molecule has 4 nitrogen and oxygen atoms in total. The van der Waals surface area contributed by atoms with Crippen molar-refractivity contribution < 1.29 is 4.74 Å². The highest BCUT2D eigenvalue weighted by Crippen LogP contribution is 2.41. The summed E-state index contributed by atoms with van der Waals surface area (Å²) in [6.45, 7) is 8.30. The maximum Gasteiger partial charge on any atom is 0.258 e. The molecule has 0 spiro atoms. The van der Waals surface area contributed by atoms with E-state index in [2.05, 4.69) is 31.5 Å². The fraction of sp³-hybridized carbons (Fsp3) is 0.333. The van der Waals surface area contributed by atoms with Crippen molar-refractivity contribution in [1.82, 2.24) is 9.55 Å². The second-order valence-electron chi connectivity index (χ2n) is 6.47. The van der Waals surface area contributed by atoms with Crippen LogP contribution in [0, 0.1) is 4.77 Å².